The summed E-state index contributed by atoms with van der Waals surface area (Å²) in [7, 11) is 2.25. The van der Waals surface area contributed by atoms with E-state index < -0.39 is 0 Å². The summed E-state index contributed by atoms with van der Waals surface area (Å²) in [6, 6.07) is 1.39. The van der Waals surface area contributed by atoms with Gasteiger partial charge in [-0.1, -0.05) is 0 Å². The fraction of sp³-hybridized carbons (Fsp3) is 1.00. The Balaban J connectivity index is 1.70. The predicted octanol–water partition coefficient (Wildman–Crippen LogP) is 1.40. The van der Waals surface area contributed by atoms with Crippen LogP contribution in [0.4, 0.5) is 0 Å². The van der Waals surface area contributed by atoms with Crippen molar-refractivity contribution in [1.82, 2.24) is 15.1 Å². The van der Waals surface area contributed by atoms with E-state index in [1.807, 2.05) is 0 Å². The Kier molecular flexibility index (Phi) is 4.83. The molecule has 3 nitrogen and oxygen atoms in total. The summed E-state index contributed by atoms with van der Waals surface area (Å²) in [5, 5.41) is 3.56. The van der Waals surface area contributed by atoms with Gasteiger partial charge in [-0.15, -0.1) is 0 Å². The number of likely N-dealkylation sites (tertiary alicyclic amines) is 1. The molecule has 2 saturated heterocycles. The molecule has 2 atom stereocenters. The Morgan fingerprint density at radius 1 is 1.18 bits per heavy atom. The summed E-state index contributed by atoms with van der Waals surface area (Å²) in [6.45, 7) is 11.0. The Labute approximate surface area is 107 Å². The molecule has 2 aliphatic heterocycles. The molecule has 0 aliphatic carbocycles. The van der Waals surface area contributed by atoms with Gasteiger partial charge in [0.15, 0.2) is 0 Å². The van der Waals surface area contributed by atoms with E-state index in [0.717, 1.165) is 18.5 Å². The first-order valence-corrected chi connectivity index (χ1v) is 7.31. The molecule has 1 N–H and O–H groups in total. The van der Waals surface area contributed by atoms with Crippen LogP contribution in [0.5, 0.6) is 0 Å². The van der Waals surface area contributed by atoms with Crippen LogP contribution in [-0.2, 0) is 0 Å². The van der Waals surface area contributed by atoms with Gasteiger partial charge in [0.1, 0.15) is 0 Å². The zero-order valence-corrected chi connectivity index (χ0v) is 11.8. The highest BCUT2D eigenvalue weighted by Gasteiger charge is 2.23. The molecule has 0 radical (unpaired) electrons. The lowest BCUT2D eigenvalue weighted by molar-refractivity contribution is 0.125. The first-order chi connectivity index (χ1) is 8.15. The second-order valence-electron chi connectivity index (χ2n) is 6.19. The molecule has 17 heavy (non-hydrogen) atoms. The van der Waals surface area contributed by atoms with Crippen molar-refractivity contribution in [3.8, 4) is 0 Å². The highest BCUT2D eigenvalue weighted by atomic mass is 15.2. The van der Waals surface area contributed by atoms with Crippen molar-refractivity contribution in [2.75, 3.05) is 39.8 Å². The van der Waals surface area contributed by atoms with Gasteiger partial charge < -0.3 is 10.2 Å². The molecule has 3 heteroatoms. The highest BCUT2D eigenvalue weighted by molar-refractivity contribution is 4.82. The fourth-order valence-corrected chi connectivity index (χ4v) is 3.11. The summed E-state index contributed by atoms with van der Waals surface area (Å²) >= 11 is 0. The van der Waals surface area contributed by atoms with E-state index in [2.05, 4.69) is 36.0 Å². The molecule has 0 aromatic heterocycles. The van der Waals surface area contributed by atoms with Crippen molar-refractivity contribution in [1.29, 1.82) is 0 Å². The normalized spacial score (nSPS) is 34.1. The van der Waals surface area contributed by atoms with Gasteiger partial charge in [-0.25, -0.2) is 0 Å². The molecular weight excluding hydrogens is 210 g/mol. The molecule has 0 spiro atoms. The van der Waals surface area contributed by atoms with E-state index in [-0.39, 0.29) is 0 Å². The minimum absolute atomic E-state index is 0.670. The van der Waals surface area contributed by atoms with Crippen molar-refractivity contribution in [2.24, 2.45) is 5.92 Å². The lowest BCUT2D eigenvalue weighted by Crippen LogP contribution is -2.54. The summed E-state index contributed by atoms with van der Waals surface area (Å²) in [5.74, 6) is 0.976. The fourth-order valence-electron chi connectivity index (χ4n) is 3.11. The van der Waals surface area contributed by atoms with Crippen LogP contribution in [0.2, 0.25) is 0 Å². The smallest absolute Gasteiger partial charge is 0.0193 e. The van der Waals surface area contributed by atoms with Gasteiger partial charge in [0.2, 0.25) is 0 Å². The third-order valence-electron chi connectivity index (χ3n) is 4.56. The Bertz CT molecular complexity index is 224. The van der Waals surface area contributed by atoms with Gasteiger partial charge in [0.25, 0.3) is 0 Å². The largest absolute Gasteiger partial charge is 0.311 e. The maximum absolute atomic E-state index is 3.56. The summed E-state index contributed by atoms with van der Waals surface area (Å²) in [6.07, 6.45) is 4.23. The predicted molar refractivity (Wildman–Crippen MR) is 73.3 cm³/mol. The standard InChI is InChI=1S/C14H29N3/c1-12-11-17(13(2)10-15-12)9-6-14-4-7-16(3)8-5-14/h12-15H,4-11H2,1-3H3. The van der Waals surface area contributed by atoms with Crippen LogP contribution in [0.25, 0.3) is 0 Å². The van der Waals surface area contributed by atoms with Crippen LogP contribution in [0.3, 0.4) is 0 Å². The maximum atomic E-state index is 3.56. The molecule has 2 heterocycles. The third kappa shape index (κ3) is 3.94. The van der Waals surface area contributed by atoms with Crippen LogP contribution < -0.4 is 5.32 Å². The summed E-state index contributed by atoms with van der Waals surface area (Å²) < 4.78 is 0. The van der Waals surface area contributed by atoms with Crippen LogP contribution >= 0.6 is 0 Å². The number of piperazine rings is 1. The molecule has 0 bridgehead atoms. The zero-order valence-electron chi connectivity index (χ0n) is 11.8. The average Bonchev–Trinajstić information content (AvgIpc) is 2.32. The van der Waals surface area contributed by atoms with Gasteiger partial charge in [0, 0.05) is 25.2 Å². The molecule has 2 aliphatic rings. The Morgan fingerprint density at radius 2 is 1.88 bits per heavy atom. The molecule has 0 aromatic carbocycles. The number of rotatable bonds is 3. The number of hydrogen-bond acceptors (Lipinski definition) is 3. The van der Waals surface area contributed by atoms with Crippen molar-refractivity contribution in [3.63, 3.8) is 0 Å². The first kappa shape index (κ1) is 13.3. The maximum Gasteiger partial charge on any atom is 0.0193 e. The Hall–Kier alpha value is -0.120. The first-order valence-electron chi connectivity index (χ1n) is 7.31. The second-order valence-corrected chi connectivity index (χ2v) is 6.19. The van der Waals surface area contributed by atoms with Gasteiger partial charge in [-0.3, -0.25) is 4.90 Å². The van der Waals surface area contributed by atoms with Crippen molar-refractivity contribution in [3.05, 3.63) is 0 Å². The number of nitrogens with one attached hydrogen (secondary N) is 1. The molecule has 2 fully saturated rings. The number of piperidine rings is 1. The van der Waals surface area contributed by atoms with Crippen LogP contribution in [0, 0.1) is 5.92 Å². The van der Waals surface area contributed by atoms with Crippen LogP contribution in [0.1, 0.15) is 33.1 Å². The van der Waals surface area contributed by atoms with E-state index in [1.54, 1.807) is 0 Å². The third-order valence-corrected chi connectivity index (χ3v) is 4.56. The van der Waals surface area contributed by atoms with E-state index in [4.69, 9.17) is 0 Å². The quantitative estimate of drug-likeness (QED) is 0.803. The van der Waals surface area contributed by atoms with Crippen LogP contribution in [-0.4, -0.2) is 61.7 Å². The van der Waals surface area contributed by atoms with E-state index >= 15 is 0 Å². The molecule has 100 valence electrons. The minimum atomic E-state index is 0.670. The SMILES string of the molecule is CC1CN(CCC2CCN(C)CC2)C(C)CN1. The molecule has 0 saturated carbocycles. The molecule has 2 unspecified atom stereocenters. The zero-order chi connectivity index (χ0) is 12.3. The average molecular weight is 239 g/mol. The number of nitrogens with zero attached hydrogens (tertiary/aromatic N) is 2. The van der Waals surface area contributed by atoms with Crippen molar-refractivity contribution in [2.45, 2.75) is 45.2 Å². The lowest BCUT2D eigenvalue weighted by atomic mass is 9.93. The lowest BCUT2D eigenvalue weighted by Gasteiger charge is -2.39. The van der Waals surface area contributed by atoms with Gasteiger partial charge in [-0.05, 0) is 65.7 Å². The monoisotopic (exact) mass is 239 g/mol. The Morgan fingerprint density at radius 3 is 2.59 bits per heavy atom. The molecular formula is C14H29N3. The van der Waals surface area contributed by atoms with E-state index in [0.29, 0.717) is 6.04 Å². The molecule has 2 rings (SSSR count). The number of hydrogen-bond donors (Lipinski definition) is 1. The summed E-state index contributed by atoms with van der Waals surface area (Å²) in [4.78, 5) is 5.14. The van der Waals surface area contributed by atoms with Gasteiger partial charge in [0.05, 0.1) is 0 Å². The van der Waals surface area contributed by atoms with Crippen molar-refractivity contribution < 1.29 is 0 Å². The molecule has 0 aromatic rings. The topological polar surface area (TPSA) is 18.5 Å². The van der Waals surface area contributed by atoms with Crippen LogP contribution in [0.15, 0.2) is 0 Å². The van der Waals surface area contributed by atoms with Gasteiger partial charge in [-0.2, -0.15) is 0 Å². The second kappa shape index (κ2) is 6.17. The van der Waals surface area contributed by atoms with E-state index in [1.165, 1.54) is 45.4 Å². The van der Waals surface area contributed by atoms with Crippen molar-refractivity contribution >= 4 is 0 Å². The molecule has 0 amide bonds. The highest BCUT2D eigenvalue weighted by Crippen LogP contribution is 2.20. The minimum Gasteiger partial charge on any atom is -0.311 e. The van der Waals surface area contributed by atoms with Gasteiger partial charge >= 0.3 is 0 Å². The van der Waals surface area contributed by atoms with E-state index in [9.17, 15) is 0 Å². The summed E-state index contributed by atoms with van der Waals surface area (Å²) in [5.41, 5.74) is 0.